The summed E-state index contributed by atoms with van der Waals surface area (Å²) < 4.78 is 10.6. The van der Waals surface area contributed by atoms with E-state index in [1.807, 2.05) is 4.90 Å². The number of nitrogens with zero attached hydrogens (tertiary/aromatic N) is 1. The van der Waals surface area contributed by atoms with Crippen LogP contribution in [0.4, 0.5) is 0 Å². The summed E-state index contributed by atoms with van der Waals surface area (Å²) >= 11 is 0. The lowest BCUT2D eigenvalue weighted by Crippen LogP contribution is -2.43. The Hall–Kier alpha value is -2.24. The smallest absolute Gasteiger partial charge is 0.255 e. The number of carbonyl (C=O) groups excluding carboxylic acids is 2. The number of amides is 2. The van der Waals surface area contributed by atoms with Gasteiger partial charge in [-0.25, -0.2) is 0 Å². The minimum Gasteiger partial charge on any atom is -0.493 e. The van der Waals surface area contributed by atoms with Gasteiger partial charge < -0.3 is 20.1 Å². The molecule has 1 aromatic carbocycles. The summed E-state index contributed by atoms with van der Waals surface area (Å²) in [6, 6.07) is 5.48. The van der Waals surface area contributed by atoms with Crippen molar-refractivity contribution >= 4 is 11.8 Å². The van der Waals surface area contributed by atoms with Crippen molar-refractivity contribution in [2.75, 3.05) is 13.7 Å². The third-order valence-electron chi connectivity index (χ3n) is 4.36. The zero-order valence-corrected chi connectivity index (χ0v) is 14.7. The Morgan fingerprint density at radius 2 is 1.92 bits per heavy atom. The molecule has 2 rings (SSSR count). The van der Waals surface area contributed by atoms with E-state index in [2.05, 4.69) is 20.8 Å². The number of nitrogens with two attached hydrogens (primary N) is 1. The van der Waals surface area contributed by atoms with Gasteiger partial charge in [0.2, 0.25) is 0 Å². The summed E-state index contributed by atoms with van der Waals surface area (Å²) in [6.07, 6.45) is 2.11. The molecule has 1 aliphatic carbocycles. The molecule has 0 saturated heterocycles. The van der Waals surface area contributed by atoms with Crippen molar-refractivity contribution in [3.05, 3.63) is 23.8 Å². The molecular formula is C18H26N2O4. The van der Waals surface area contributed by atoms with Crippen molar-refractivity contribution < 1.29 is 19.1 Å². The molecule has 1 atom stereocenters. The molecule has 1 fully saturated rings. The fourth-order valence-corrected chi connectivity index (χ4v) is 2.58. The van der Waals surface area contributed by atoms with Crippen LogP contribution in [0.25, 0.3) is 0 Å². The molecule has 0 radical (unpaired) electrons. The maximum Gasteiger partial charge on any atom is 0.255 e. The number of ether oxygens (including phenoxy) is 2. The van der Waals surface area contributed by atoms with Crippen LogP contribution < -0.4 is 15.2 Å². The molecule has 6 nitrogen and oxygen atoms in total. The first-order valence-electron chi connectivity index (χ1n) is 8.27. The lowest BCUT2D eigenvalue weighted by atomic mass is 10.0. The molecule has 132 valence electrons. The Kier molecular flexibility index (Phi) is 5.70. The van der Waals surface area contributed by atoms with E-state index in [1.165, 1.54) is 7.11 Å². The fourth-order valence-electron chi connectivity index (χ4n) is 2.58. The van der Waals surface area contributed by atoms with Crippen molar-refractivity contribution in [3.63, 3.8) is 0 Å². The van der Waals surface area contributed by atoms with Crippen LogP contribution in [-0.2, 0) is 4.79 Å². The van der Waals surface area contributed by atoms with Gasteiger partial charge in [-0.3, -0.25) is 9.59 Å². The first kappa shape index (κ1) is 18.1. The Bertz CT molecular complexity index is 611. The first-order chi connectivity index (χ1) is 11.3. The van der Waals surface area contributed by atoms with Gasteiger partial charge in [-0.15, -0.1) is 0 Å². The average Bonchev–Trinajstić information content (AvgIpc) is 3.37. The molecule has 0 heterocycles. The number of methoxy groups -OCH3 is 1. The highest BCUT2D eigenvalue weighted by atomic mass is 16.5. The van der Waals surface area contributed by atoms with Crippen LogP contribution in [0.5, 0.6) is 11.5 Å². The number of rotatable bonds is 8. The summed E-state index contributed by atoms with van der Waals surface area (Å²) in [4.78, 5) is 25.8. The Morgan fingerprint density at radius 1 is 1.25 bits per heavy atom. The highest BCUT2D eigenvalue weighted by molar-refractivity contribution is 5.95. The van der Waals surface area contributed by atoms with Gasteiger partial charge in [0.1, 0.15) is 0 Å². The highest BCUT2D eigenvalue weighted by Gasteiger charge is 2.37. The second kappa shape index (κ2) is 7.55. The van der Waals surface area contributed by atoms with Gasteiger partial charge in [-0.05, 0) is 43.9 Å². The molecule has 0 aromatic heterocycles. The Morgan fingerprint density at radius 3 is 2.42 bits per heavy atom. The molecule has 24 heavy (non-hydrogen) atoms. The Balaban J connectivity index is 2.23. The number of hydrogen-bond acceptors (Lipinski definition) is 4. The van der Waals surface area contributed by atoms with Crippen molar-refractivity contribution in [2.45, 2.75) is 45.7 Å². The summed E-state index contributed by atoms with van der Waals surface area (Å²) in [5.41, 5.74) is 5.64. The van der Waals surface area contributed by atoms with Crippen molar-refractivity contribution in [1.82, 2.24) is 4.90 Å². The highest BCUT2D eigenvalue weighted by Crippen LogP contribution is 2.34. The second-order valence-electron chi connectivity index (χ2n) is 6.55. The summed E-state index contributed by atoms with van der Waals surface area (Å²) in [5.74, 6) is 0.619. The third-order valence-corrected chi connectivity index (χ3v) is 4.36. The number of carbonyl (C=O) groups is 2. The Labute approximate surface area is 142 Å². The van der Waals surface area contributed by atoms with Crippen molar-refractivity contribution in [2.24, 2.45) is 11.7 Å². The molecule has 2 N–H and O–H groups in total. The van der Waals surface area contributed by atoms with Crippen molar-refractivity contribution in [1.29, 1.82) is 0 Å². The van der Waals surface area contributed by atoms with Crippen LogP contribution in [0, 0.1) is 5.92 Å². The maximum atomic E-state index is 13.0. The van der Waals surface area contributed by atoms with Gasteiger partial charge in [0.05, 0.1) is 7.11 Å². The predicted octanol–water partition coefficient (Wildman–Crippen LogP) is 2.21. The molecule has 1 aromatic rings. The van der Waals surface area contributed by atoms with Crippen LogP contribution >= 0.6 is 0 Å². The zero-order valence-electron chi connectivity index (χ0n) is 14.7. The van der Waals surface area contributed by atoms with E-state index in [1.54, 1.807) is 18.2 Å². The van der Waals surface area contributed by atoms with Crippen LogP contribution in [-0.4, -0.2) is 42.5 Å². The van der Waals surface area contributed by atoms with E-state index in [0.717, 1.165) is 12.8 Å². The molecule has 0 spiro atoms. The van der Waals surface area contributed by atoms with E-state index >= 15 is 0 Å². The summed E-state index contributed by atoms with van der Waals surface area (Å²) in [7, 11) is 1.50. The van der Waals surface area contributed by atoms with Gasteiger partial charge in [0, 0.05) is 17.6 Å². The van der Waals surface area contributed by atoms with E-state index in [0.29, 0.717) is 29.0 Å². The standard InChI is InChI=1S/C18H26N2O4/c1-11(2)12(3)20(14-6-7-14)18(22)13-5-8-15(16(9-13)23-4)24-10-17(19)21/h5,8-9,11-12,14H,6-7,10H2,1-4H3,(H2,19,21). The molecule has 1 unspecified atom stereocenters. The molecule has 6 heteroatoms. The van der Waals surface area contributed by atoms with Gasteiger partial charge in [-0.2, -0.15) is 0 Å². The van der Waals surface area contributed by atoms with Crippen LogP contribution in [0.3, 0.4) is 0 Å². The second-order valence-corrected chi connectivity index (χ2v) is 6.55. The number of hydrogen-bond donors (Lipinski definition) is 1. The largest absolute Gasteiger partial charge is 0.493 e. The van der Waals surface area contributed by atoms with E-state index in [4.69, 9.17) is 15.2 Å². The maximum absolute atomic E-state index is 13.0. The minimum absolute atomic E-state index is 0.00143. The molecular weight excluding hydrogens is 308 g/mol. The fraction of sp³-hybridized carbons (Fsp3) is 0.556. The van der Waals surface area contributed by atoms with E-state index in [-0.39, 0.29) is 18.6 Å². The minimum atomic E-state index is -0.567. The molecule has 1 aliphatic rings. The predicted molar refractivity (Wildman–Crippen MR) is 91.2 cm³/mol. The molecule has 2 amide bonds. The van der Waals surface area contributed by atoms with Gasteiger partial charge in [-0.1, -0.05) is 13.8 Å². The van der Waals surface area contributed by atoms with Crippen molar-refractivity contribution in [3.8, 4) is 11.5 Å². The molecule has 1 saturated carbocycles. The van der Waals surface area contributed by atoms with Gasteiger partial charge in [0.25, 0.3) is 11.8 Å². The first-order valence-corrected chi connectivity index (χ1v) is 8.27. The SMILES string of the molecule is COc1cc(C(=O)N(C2CC2)C(C)C(C)C)ccc1OCC(N)=O. The number of benzene rings is 1. The van der Waals surface area contributed by atoms with Crippen LogP contribution in [0.2, 0.25) is 0 Å². The van der Waals surface area contributed by atoms with Gasteiger partial charge in [0.15, 0.2) is 18.1 Å². The molecule has 0 aliphatic heterocycles. The van der Waals surface area contributed by atoms with Gasteiger partial charge >= 0.3 is 0 Å². The van der Waals surface area contributed by atoms with Crippen LogP contribution in [0.1, 0.15) is 44.0 Å². The van der Waals surface area contributed by atoms with E-state index in [9.17, 15) is 9.59 Å². The quantitative estimate of drug-likeness (QED) is 0.790. The van der Waals surface area contributed by atoms with E-state index < -0.39 is 5.91 Å². The third kappa shape index (κ3) is 4.19. The lowest BCUT2D eigenvalue weighted by molar-refractivity contribution is -0.119. The summed E-state index contributed by atoms with van der Waals surface area (Å²) in [5, 5.41) is 0. The van der Waals surface area contributed by atoms with Crippen LogP contribution in [0.15, 0.2) is 18.2 Å². The monoisotopic (exact) mass is 334 g/mol. The zero-order chi connectivity index (χ0) is 17.9. The average molecular weight is 334 g/mol. The number of primary amides is 1. The lowest BCUT2D eigenvalue weighted by Gasteiger charge is -2.32. The summed E-state index contributed by atoms with van der Waals surface area (Å²) in [6.45, 7) is 6.09. The molecule has 0 bridgehead atoms. The topological polar surface area (TPSA) is 81.9 Å². The normalized spacial score (nSPS) is 15.0.